The van der Waals surface area contributed by atoms with Crippen molar-refractivity contribution in [3.63, 3.8) is 0 Å². The number of fused-ring (bicyclic) bond motifs is 2. The summed E-state index contributed by atoms with van der Waals surface area (Å²) in [4.78, 5) is 48.5. The lowest BCUT2D eigenvalue weighted by Gasteiger charge is -2.11. The minimum Gasteiger partial charge on any atom is -0.465 e. The number of nitrogens with zero attached hydrogens (tertiary/aromatic N) is 6. The summed E-state index contributed by atoms with van der Waals surface area (Å²) in [6.07, 6.45) is -0.175. The van der Waals surface area contributed by atoms with Gasteiger partial charge in [0, 0.05) is 34.4 Å². The molecular weight excluding hydrogens is 1040 g/mol. The Hall–Kier alpha value is -7.57. The third kappa shape index (κ3) is 11.4. The van der Waals surface area contributed by atoms with Gasteiger partial charge in [-0.05, 0) is 71.8 Å². The lowest BCUT2D eigenvalue weighted by atomic mass is 10.1. The molecule has 0 atom stereocenters. The van der Waals surface area contributed by atoms with Crippen LogP contribution in [0.5, 0.6) is 0 Å². The summed E-state index contributed by atoms with van der Waals surface area (Å²) < 4.78 is 132. The van der Waals surface area contributed by atoms with Crippen molar-refractivity contribution in [2.45, 2.75) is 32.4 Å². The standard InChI is InChI=1S/C45H39N7O17S4/c1-64-43(53)33-17-25(13-15-35(33)51-49-27-21-31-29(39(23-27)72(60,61)68-5)9-7-11-37(31)70(56,57)66-3)19-41-46-42(48-45(55)47-41)20-26-14-16-36(34(18-26)44(54)65-2)52-50-28-22-32-30(40(24-28)73(62,63)69-6)10-8-12-38(32)71(58,59)67-4/h7-18,21-24H,19-20H2,1-6H3,(H,46,47,48,55). The number of carbonyl (C=O) groups is 2. The molecule has 380 valence electrons. The number of carbonyl (C=O) groups excluding carboxylic acids is 2. The maximum absolute atomic E-state index is 13.1. The molecule has 0 radical (unpaired) electrons. The molecule has 0 unspecified atom stereocenters. The van der Waals surface area contributed by atoms with Crippen LogP contribution in [0, 0.1) is 0 Å². The number of ether oxygens (including phenoxy) is 2. The molecule has 28 heteroatoms. The number of aromatic amines is 1. The molecular formula is C45H39N7O17S4. The van der Waals surface area contributed by atoms with Crippen LogP contribution in [0.1, 0.15) is 43.5 Å². The molecule has 0 aliphatic heterocycles. The van der Waals surface area contributed by atoms with Crippen molar-refractivity contribution in [2.75, 3.05) is 42.7 Å². The Labute approximate surface area is 416 Å². The van der Waals surface area contributed by atoms with Crippen molar-refractivity contribution in [1.82, 2.24) is 15.0 Å². The van der Waals surface area contributed by atoms with Gasteiger partial charge in [-0.2, -0.15) is 48.9 Å². The number of rotatable bonds is 18. The molecule has 0 saturated heterocycles. The largest absolute Gasteiger partial charge is 0.465 e. The van der Waals surface area contributed by atoms with E-state index >= 15 is 0 Å². The predicted molar refractivity (Wildman–Crippen MR) is 257 cm³/mol. The highest BCUT2D eigenvalue weighted by atomic mass is 32.2. The molecule has 0 amide bonds. The number of esters is 2. The average molecular weight is 1080 g/mol. The summed E-state index contributed by atoms with van der Waals surface area (Å²) in [6.45, 7) is 0. The van der Waals surface area contributed by atoms with Gasteiger partial charge >= 0.3 is 17.6 Å². The number of benzene rings is 6. The molecule has 0 saturated carbocycles. The third-order valence-corrected chi connectivity index (χ3v) is 16.0. The summed E-state index contributed by atoms with van der Waals surface area (Å²) in [5.74, 6) is -1.58. The van der Waals surface area contributed by atoms with Gasteiger partial charge in [0.2, 0.25) is 0 Å². The molecule has 0 bridgehead atoms. The summed E-state index contributed by atoms with van der Waals surface area (Å²) in [7, 11) is -11.5. The van der Waals surface area contributed by atoms with Gasteiger partial charge in [-0.25, -0.2) is 19.4 Å². The molecule has 6 aromatic carbocycles. The highest BCUT2D eigenvalue weighted by Crippen LogP contribution is 2.37. The predicted octanol–water partition coefficient (Wildman–Crippen LogP) is 6.40. The third-order valence-electron chi connectivity index (χ3n) is 10.7. The minimum atomic E-state index is -4.43. The second-order valence-corrected chi connectivity index (χ2v) is 21.8. The van der Waals surface area contributed by atoms with Crippen LogP contribution in [-0.2, 0) is 79.5 Å². The van der Waals surface area contributed by atoms with Crippen molar-refractivity contribution in [3.8, 4) is 0 Å². The zero-order valence-electron chi connectivity index (χ0n) is 38.9. The minimum absolute atomic E-state index is 0.00609. The molecule has 7 rings (SSSR count). The van der Waals surface area contributed by atoms with E-state index in [-0.39, 0.29) is 89.7 Å². The summed E-state index contributed by atoms with van der Waals surface area (Å²) >= 11 is 0. The second kappa shape index (κ2) is 21.3. The van der Waals surface area contributed by atoms with Crippen molar-refractivity contribution in [3.05, 3.63) is 141 Å². The van der Waals surface area contributed by atoms with E-state index in [1.807, 2.05) is 0 Å². The maximum Gasteiger partial charge on any atom is 0.348 e. The van der Waals surface area contributed by atoms with Gasteiger partial charge in [0.15, 0.2) is 0 Å². The second-order valence-electron chi connectivity index (χ2n) is 15.0. The van der Waals surface area contributed by atoms with Gasteiger partial charge in [-0.15, -0.1) is 10.2 Å². The van der Waals surface area contributed by atoms with Crippen molar-refractivity contribution >= 4 is 96.7 Å². The molecule has 0 spiro atoms. The SMILES string of the molecule is COC(=O)c1cc(Cc2nc(Cc3ccc(N=Nc4cc(S(=O)(=O)OC)c5cccc(S(=O)(=O)OC)c5c4)c(C(=O)OC)c3)[nH]c(=O)n2)ccc1N=Nc1cc(S(=O)(=O)OC)c2cccc(S(=O)(=O)OC)c2c1. The number of nitrogens with one attached hydrogen (secondary N) is 1. The zero-order chi connectivity index (χ0) is 53.0. The van der Waals surface area contributed by atoms with E-state index < -0.39 is 67.9 Å². The smallest absolute Gasteiger partial charge is 0.348 e. The molecule has 1 heterocycles. The number of azo groups is 2. The molecule has 24 nitrogen and oxygen atoms in total. The van der Waals surface area contributed by atoms with Crippen LogP contribution in [-0.4, -0.2) is 103 Å². The Bertz CT molecular complexity index is 3730. The van der Waals surface area contributed by atoms with Gasteiger partial charge in [0.05, 0.1) is 65.2 Å². The van der Waals surface area contributed by atoms with E-state index in [9.17, 15) is 48.1 Å². The number of hydrogen-bond acceptors (Lipinski definition) is 23. The quantitative estimate of drug-likeness (QED) is 0.0552. The van der Waals surface area contributed by atoms with E-state index in [2.05, 4.69) is 43.8 Å². The molecule has 1 aromatic heterocycles. The van der Waals surface area contributed by atoms with E-state index in [0.29, 0.717) is 11.1 Å². The van der Waals surface area contributed by atoms with Crippen LogP contribution in [0.15, 0.2) is 142 Å². The normalized spacial score (nSPS) is 12.5. The Morgan fingerprint density at radius 2 is 0.890 bits per heavy atom. The van der Waals surface area contributed by atoms with Crippen molar-refractivity contribution < 1.29 is 69.5 Å². The molecule has 73 heavy (non-hydrogen) atoms. The first kappa shape index (κ1) is 53.2. The lowest BCUT2D eigenvalue weighted by molar-refractivity contribution is 0.0592. The fourth-order valence-corrected chi connectivity index (χ4v) is 10.8. The van der Waals surface area contributed by atoms with Gasteiger partial charge in [-0.1, -0.05) is 36.4 Å². The first-order valence-electron chi connectivity index (χ1n) is 20.7. The summed E-state index contributed by atoms with van der Waals surface area (Å²) in [5.41, 5.74) is -0.539. The van der Waals surface area contributed by atoms with Crippen LogP contribution in [0.25, 0.3) is 21.5 Å². The number of methoxy groups -OCH3 is 2. The summed E-state index contributed by atoms with van der Waals surface area (Å²) in [6, 6.07) is 21.3. The highest BCUT2D eigenvalue weighted by molar-refractivity contribution is 7.88. The van der Waals surface area contributed by atoms with Crippen LogP contribution in [0.3, 0.4) is 0 Å². The van der Waals surface area contributed by atoms with Crippen molar-refractivity contribution in [2.24, 2.45) is 20.5 Å². The van der Waals surface area contributed by atoms with Crippen LogP contribution >= 0.6 is 0 Å². The van der Waals surface area contributed by atoms with Gasteiger partial charge in [-0.3, -0.25) is 21.7 Å². The molecule has 1 N–H and O–H groups in total. The van der Waals surface area contributed by atoms with E-state index in [0.717, 1.165) is 54.8 Å². The maximum atomic E-state index is 13.1. The van der Waals surface area contributed by atoms with E-state index in [1.165, 1.54) is 84.9 Å². The number of aromatic nitrogens is 3. The molecule has 7 aromatic rings. The highest BCUT2D eigenvalue weighted by Gasteiger charge is 2.26. The van der Waals surface area contributed by atoms with Crippen LogP contribution < -0.4 is 5.69 Å². The Balaban J connectivity index is 1.18. The Kier molecular flexibility index (Phi) is 15.5. The molecule has 0 aliphatic carbocycles. The van der Waals surface area contributed by atoms with Crippen LogP contribution in [0.4, 0.5) is 22.7 Å². The topological polar surface area (TPSA) is 334 Å². The summed E-state index contributed by atoms with van der Waals surface area (Å²) in [5, 5.41) is 16.4. The zero-order valence-corrected chi connectivity index (χ0v) is 42.2. The van der Waals surface area contributed by atoms with Gasteiger partial charge < -0.3 is 9.47 Å². The number of hydrogen-bond donors (Lipinski definition) is 1. The molecule has 0 fully saturated rings. The lowest BCUT2D eigenvalue weighted by Crippen LogP contribution is -2.19. The fraction of sp³-hybridized carbons (Fsp3) is 0.178. The fourth-order valence-electron chi connectivity index (χ4n) is 7.29. The van der Waals surface area contributed by atoms with E-state index in [1.54, 1.807) is 0 Å². The first-order valence-corrected chi connectivity index (χ1v) is 26.3. The van der Waals surface area contributed by atoms with Gasteiger partial charge in [0.1, 0.15) is 42.6 Å². The number of H-pyrrole nitrogens is 1. The monoisotopic (exact) mass is 1080 g/mol. The first-order chi connectivity index (χ1) is 34.6. The van der Waals surface area contributed by atoms with Crippen molar-refractivity contribution in [1.29, 1.82) is 0 Å². The average Bonchev–Trinajstić information content (AvgIpc) is 3.38. The Morgan fingerprint density at radius 1 is 0.479 bits per heavy atom. The van der Waals surface area contributed by atoms with Crippen LogP contribution in [0.2, 0.25) is 0 Å². The molecule has 0 aliphatic rings. The van der Waals surface area contributed by atoms with E-state index in [4.69, 9.17) is 17.8 Å². The Morgan fingerprint density at radius 3 is 1.30 bits per heavy atom. The van der Waals surface area contributed by atoms with Gasteiger partial charge in [0.25, 0.3) is 40.5 Å².